The number of ether oxygens (including phenoxy) is 1. The number of carbonyl (C=O) groups excluding carboxylic acids is 1. The maximum absolute atomic E-state index is 12.5. The zero-order chi connectivity index (χ0) is 13.8. The second kappa shape index (κ2) is 6.60. The second-order valence-corrected chi connectivity index (χ2v) is 5.47. The summed E-state index contributed by atoms with van der Waals surface area (Å²) in [5, 5.41) is 4.03. The standard InChI is InChI=1S/C14H17Cl2NO2/c1-2-6-19-14-10(7-9(15)8-11(14)16)13(18)12-4-3-5-17-12/h7-8,12,17H,2-6H2,1H3. The van der Waals surface area contributed by atoms with E-state index in [-0.39, 0.29) is 11.8 Å². The SMILES string of the molecule is CCCOc1c(Cl)cc(Cl)cc1C(=O)C1CCCN1. The van der Waals surface area contributed by atoms with Crippen molar-refractivity contribution in [3.8, 4) is 5.75 Å². The van der Waals surface area contributed by atoms with Gasteiger partial charge in [0.25, 0.3) is 0 Å². The molecule has 1 saturated heterocycles. The molecule has 0 aromatic heterocycles. The van der Waals surface area contributed by atoms with Crippen LogP contribution in [0, 0.1) is 0 Å². The molecule has 2 rings (SSSR count). The number of benzene rings is 1. The van der Waals surface area contributed by atoms with Gasteiger partial charge in [-0.05, 0) is 37.9 Å². The Kier molecular flexibility index (Phi) is 5.08. The Labute approximate surface area is 123 Å². The predicted molar refractivity (Wildman–Crippen MR) is 77.6 cm³/mol. The van der Waals surface area contributed by atoms with Gasteiger partial charge in [-0.25, -0.2) is 0 Å². The van der Waals surface area contributed by atoms with Crippen LogP contribution in [-0.4, -0.2) is 25.0 Å². The van der Waals surface area contributed by atoms with Crippen molar-refractivity contribution in [1.82, 2.24) is 5.32 Å². The molecule has 1 unspecified atom stereocenters. The molecule has 0 amide bonds. The molecular formula is C14H17Cl2NO2. The largest absolute Gasteiger partial charge is 0.491 e. The number of hydrogen-bond acceptors (Lipinski definition) is 3. The first-order chi connectivity index (χ1) is 9.13. The monoisotopic (exact) mass is 301 g/mol. The highest BCUT2D eigenvalue weighted by atomic mass is 35.5. The van der Waals surface area contributed by atoms with E-state index in [4.69, 9.17) is 27.9 Å². The summed E-state index contributed by atoms with van der Waals surface area (Å²) in [6.45, 7) is 3.40. The first kappa shape index (κ1) is 14.6. The van der Waals surface area contributed by atoms with E-state index in [0.29, 0.717) is 28.0 Å². The van der Waals surface area contributed by atoms with Gasteiger partial charge in [0.15, 0.2) is 5.78 Å². The van der Waals surface area contributed by atoms with Crippen LogP contribution in [0.4, 0.5) is 0 Å². The van der Waals surface area contributed by atoms with E-state index < -0.39 is 0 Å². The lowest BCUT2D eigenvalue weighted by molar-refractivity contribution is 0.0948. The molecule has 1 aromatic rings. The Morgan fingerprint density at radius 1 is 1.47 bits per heavy atom. The molecule has 1 N–H and O–H groups in total. The average Bonchev–Trinajstić information content (AvgIpc) is 2.90. The smallest absolute Gasteiger partial charge is 0.183 e. The summed E-state index contributed by atoms with van der Waals surface area (Å²) in [5.74, 6) is 0.458. The minimum Gasteiger partial charge on any atom is -0.491 e. The van der Waals surface area contributed by atoms with Gasteiger partial charge in [-0.15, -0.1) is 0 Å². The number of ketones is 1. The first-order valence-electron chi connectivity index (χ1n) is 6.53. The van der Waals surface area contributed by atoms with Gasteiger partial charge in [0, 0.05) is 5.02 Å². The van der Waals surface area contributed by atoms with Gasteiger partial charge in [0.05, 0.1) is 23.2 Å². The summed E-state index contributed by atoms with van der Waals surface area (Å²) < 4.78 is 5.61. The van der Waals surface area contributed by atoms with E-state index in [1.54, 1.807) is 12.1 Å². The molecule has 5 heteroatoms. The first-order valence-corrected chi connectivity index (χ1v) is 7.28. The summed E-state index contributed by atoms with van der Waals surface area (Å²) in [7, 11) is 0. The van der Waals surface area contributed by atoms with E-state index in [1.165, 1.54) is 0 Å². The summed E-state index contributed by atoms with van der Waals surface area (Å²) in [5.41, 5.74) is 0.477. The molecule has 0 spiro atoms. The molecule has 1 aliphatic rings. The minimum absolute atomic E-state index is 0.00741. The fourth-order valence-corrected chi connectivity index (χ4v) is 2.74. The van der Waals surface area contributed by atoms with Crippen LogP contribution in [0.25, 0.3) is 0 Å². The highest BCUT2D eigenvalue weighted by molar-refractivity contribution is 6.36. The summed E-state index contributed by atoms with van der Waals surface area (Å²) in [6.07, 6.45) is 2.71. The van der Waals surface area contributed by atoms with Crippen molar-refractivity contribution in [1.29, 1.82) is 0 Å². The highest BCUT2D eigenvalue weighted by Crippen LogP contribution is 2.34. The van der Waals surface area contributed by atoms with E-state index in [9.17, 15) is 4.79 Å². The third-order valence-electron chi connectivity index (χ3n) is 3.10. The number of nitrogens with one attached hydrogen (secondary N) is 1. The molecule has 0 bridgehead atoms. The number of halogens is 2. The van der Waals surface area contributed by atoms with Gasteiger partial charge < -0.3 is 10.1 Å². The van der Waals surface area contributed by atoms with Crippen LogP contribution in [0.1, 0.15) is 36.5 Å². The molecule has 1 aromatic carbocycles. The molecule has 104 valence electrons. The predicted octanol–water partition coefficient (Wildman–Crippen LogP) is 3.72. The van der Waals surface area contributed by atoms with E-state index >= 15 is 0 Å². The summed E-state index contributed by atoms with van der Waals surface area (Å²) in [6, 6.07) is 3.09. The van der Waals surface area contributed by atoms with Crippen LogP contribution >= 0.6 is 23.2 Å². The molecule has 1 fully saturated rings. The Balaban J connectivity index is 2.32. The van der Waals surface area contributed by atoms with Crippen LogP contribution in [0.5, 0.6) is 5.75 Å². The second-order valence-electron chi connectivity index (χ2n) is 4.63. The van der Waals surface area contributed by atoms with Crippen molar-refractivity contribution >= 4 is 29.0 Å². The van der Waals surface area contributed by atoms with Gasteiger partial charge in [-0.2, -0.15) is 0 Å². The van der Waals surface area contributed by atoms with Crippen LogP contribution in [0.3, 0.4) is 0 Å². The van der Waals surface area contributed by atoms with Gasteiger partial charge in [0.2, 0.25) is 0 Å². The summed E-state index contributed by atoms with van der Waals surface area (Å²) in [4.78, 5) is 12.5. The Hall–Kier alpha value is -0.770. The van der Waals surface area contributed by atoms with Crippen LogP contribution in [-0.2, 0) is 0 Å². The molecule has 1 atom stereocenters. The molecule has 1 heterocycles. The Morgan fingerprint density at radius 2 is 2.26 bits per heavy atom. The van der Waals surface area contributed by atoms with Gasteiger partial charge in [0.1, 0.15) is 5.75 Å². The van der Waals surface area contributed by atoms with Gasteiger partial charge in [-0.3, -0.25) is 4.79 Å². The molecule has 0 aliphatic carbocycles. The van der Waals surface area contributed by atoms with Crippen LogP contribution < -0.4 is 10.1 Å². The maximum Gasteiger partial charge on any atom is 0.183 e. The van der Waals surface area contributed by atoms with E-state index in [0.717, 1.165) is 25.8 Å². The molecule has 19 heavy (non-hydrogen) atoms. The zero-order valence-electron chi connectivity index (χ0n) is 10.8. The summed E-state index contributed by atoms with van der Waals surface area (Å²) >= 11 is 12.1. The van der Waals surface area contributed by atoms with Crippen molar-refractivity contribution in [2.24, 2.45) is 0 Å². The Morgan fingerprint density at radius 3 is 2.89 bits per heavy atom. The van der Waals surface area contributed by atoms with Crippen LogP contribution in [0.2, 0.25) is 10.0 Å². The fraction of sp³-hybridized carbons (Fsp3) is 0.500. The molecular weight excluding hydrogens is 285 g/mol. The van der Waals surface area contributed by atoms with Crippen molar-refractivity contribution < 1.29 is 9.53 Å². The van der Waals surface area contributed by atoms with Gasteiger partial charge >= 0.3 is 0 Å². The third-order valence-corrected chi connectivity index (χ3v) is 3.60. The van der Waals surface area contributed by atoms with E-state index in [1.807, 2.05) is 6.92 Å². The fourth-order valence-electron chi connectivity index (χ4n) is 2.19. The zero-order valence-corrected chi connectivity index (χ0v) is 12.4. The lowest BCUT2D eigenvalue weighted by atomic mass is 10.0. The normalized spacial score (nSPS) is 18.6. The lowest BCUT2D eigenvalue weighted by Crippen LogP contribution is -2.31. The molecule has 0 saturated carbocycles. The topological polar surface area (TPSA) is 38.3 Å². The van der Waals surface area contributed by atoms with Crippen molar-refractivity contribution in [2.75, 3.05) is 13.2 Å². The van der Waals surface area contributed by atoms with Gasteiger partial charge in [-0.1, -0.05) is 30.1 Å². The van der Waals surface area contributed by atoms with E-state index in [2.05, 4.69) is 5.32 Å². The number of carbonyl (C=O) groups is 1. The average molecular weight is 302 g/mol. The highest BCUT2D eigenvalue weighted by Gasteiger charge is 2.27. The lowest BCUT2D eigenvalue weighted by Gasteiger charge is -2.15. The molecule has 1 aliphatic heterocycles. The molecule has 0 radical (unpaired) electrons. The quantitative estimate of drug-likeness (QED) is 0.843. The molecule has 3 nitrogen and oxygen atoms in total. The third kappa shape index (κ3) is 3.41. The van der Waals surface area contributed by atoms with Crippen molar-refractivity contribution in [2.45, 2.75) is 32.2 Å². The maximum atomic E-state index is 12.5. The van der Waals surface area contributed by atoms with Crippen molar-refractivity contribution in [3.05, 3.63) is 27.7 Å². The minimum atomic E-state index is -0.154. The number of Topliss-reactive ketones (excluding diaryl/α,β-unsaturated/α-hetero) is 1. The Bertz CT molecular complexity index is 471. The van der Waals surface area contributed by atoms with Crippen LogP contribution in [0.15, 0.2) is 12.1 Å². The van der Waals surface area contributed by atoms with Crippen molar-refractivity contribution in [3.63, 3.8) is 0 Å². The number of rotatable bonds is 5. The number of hydrogen-bond donors (Lipinski definition) is 1.